The predicted molar refractivity (Wildman–Crippen MR) is 58.5 cm³/mol. The summed E-state index contributed by atoms with van der Waals surface area (Å²) in [6, 6.07) is 3.41. The number of amidine groups is 2. The van der Waals surface area contributed by atoms with Crippen molar-refractivity contribution >= 4 is 11.7 Å². The number of hydrogen-bond donors (Lipinski definition) is 2. The lowest BCUT2D eigenvalue weighted by molar-refractivity contribution is 0.310. The summed E-state index contributed by atoms with van der Waals surface area (Å²) in [7, 11) is 0. The van der Waals surface area contributed by atoms with Crippen molar-refractivity contribution in [2.45, 2.75) is 0 Å². The highest BCUT2D eigenvalue weighted by molar-refractivity contribution is 6.01. The van der Waals surface area contributed by atoms with Crippen LogP contribution in [0.4, 0.5) is 0 Å². The van der Waals surface area contributed by atoms with E-state index in [1.54, 1.807) is 12.1 Å². The second kappa shape index (κ2) is 3.69. The molecule has 0 aromatic carbocycles. The van der Waals surface area contributed by atoms with Gasteiger partial charge in [-0.1, -0.05) is 10.3 Å². The molecule has 0 atom stereocenters. The normalized spacial score (nSPS) is 19.8. The summed E-state index contributed by atoms with van der Waals surface area (Å²) in [5.41, 5.74) is 0. The van der Waals surface area contributed by atoms with Crippen molar-refractivity contribution in [1.29, 1.82) is 0 Å². The summed E-state index contributed by atoms with van der Waals surface area (Å²) in [5.74, 6) is 1.78. The Bertz CT molecular complexity index is 443. The van der Waals surface area contributed by atoms with Crippen molar-refractivity contribution in [2.24, 2.45) is 10.3 Å². The summed E-state index contributed by atoms with van der Waals surface area (Å²) in [6.45, 7) is 3.45. The van der Waals surface area contributed by atoms with Crippen LogP contribution in [0.15, 0.2) is 26.9 Å². The van der Waals surface area contributed by atoms with Crippen molar-refractivity contribution < 1.29 is 14.8 Å². The van der Waals surface area contributed by atoms with Crippen LogP contribution in [0.3, 0.4) is 0 Å². The van der Waals surface area contributed by atoms with Crippen molar-refractivity contribution in [3.05, 3.63) is 23.7 Å². The van der Waals surface area contributed by atoms with Gasteiger partial charge in [0.2, 0.25) is 11.7 Å². The minimum Gasteiger partial charge on any atom is -0.449 e. The van der Waals surface area contributed by atoms with Gasteiger partial charge in [-0.15, -0.1) is 0 Å². The lowest BCUT2D eigenvalue weighted by Gasteiger charge is -2.03. The minimum absolute atomic E-state index is 0.416. The molecule has 90 valence electrons. The highest BCUT2D eigenvalue weighted by Gasteiger charge is 2.30. The molecular weight excluding hydrogens is 224 g/mol. The third kappa shape index (κ3) is 1.79. The van der Waals surface area contributed by atoms with E-state index in [1.807, 2.05) is 9.80 Å². The molecule has 0 unspecified atom stereocenters. The summed E-state index contributed by atoms with van der Waals surface area (Å²) in [4.78, 5) is 3.74. The molecule has 3 heterocycles. The van der Waals surface area contributed by atoms with E-state index >= 15 is 0 Å². The molecule has 17 heavy (non-hydrogen) atoms. The van der Waals surface area contributed by atoms with E-state index in [2.05, 4.69) is 10.3 Å². The van der Waals surface area contributed by atoms with Gasteiger partial charge in [-0.05, 0) is 12.1 Å². The largest absolute Gasteiger partial charge is 0.449 e. The first-order valence-corrected chi connectivity index (χ1v) is 5.38. The van der Waals surface area contributed by atoms with Crippen LogP contribution in [0.25, 0.3) is 0 Å². The molecule has 7 nitrogen and oxygen atoms in total. The average molecular weight is 236 g/mol. The van der Waals surface area contributed by atoms with Gasteiger partial charge in [0.1, 0.15) is 0 Å². The molecule has 0 radical (unpaired) electrons. The lowest BCUT2D eigenvalue weighted by atomic mass is 10.4. The molecule has 7 heteroatoms. The fourth-order valence-electron chi connectivity index (χ4n) is 1.64. The molecule has 0 amide bonds. The van der Waals surface area contributed by atoms with E-state index < -0.39 is 0 Å². The standard InChI is InChI=1S/C10H12N4O3/c15-11-9(13-3-4-13)7-1-2-8(17-7)10(12-16)14-5-6-14/h1-2,15-16H,3-6H2/b11-9-,12-10+. The fraction of sp³-hybridized carbons (Fsp3) is 0.400. The fourth-order valence-corrected chi connectivity index (χ4v) is 1.64. The zero-order chi connectivity index (χ0) is 11.8. The van der Waals surface area contributed by atoms with Crippen LogP contribution < -0.4 is 0 Å². The van der Waals surface area contributed by atoms with Gasteiger partial charge in [0.25, 0.3) is 0 Å². The van der Waals surface area contributed by atoms with Gasteiger partial charge in [-0.2, -0.15) is 0 Å². The maximum absolute atomic E-state index is 8.91. The van der Waals surface area contributed by atoms with E-state index in [9.17, 15) is 0 Å². The van der Waals surface area contributed by atoms with Gasteiger partial charge >= 0.3 is 0 Å². The molecule has 0 saturated carbocycles. The summed E-state index contributed by atoms with van der Waals surface area (Å²) in [6.07, 6.45) is 0. The maximum Gasteiger partial charge on any atom is 0.211 e. The molecule has 3 rings (SSSR count). The number of rotatable bonds is 2. The van der Waals surface area contributed by atoms with Gasteiger partial charge < -0.3 is 24.6 Å². The summed E-state index contributed by atoms with van der Waals surface area (Å²) < 4.78 is 5.53. The molecular formula is C10H12N4O3. The highest BCUT2D eigenvalue weighted by atomic mass is 16.4. The second-order valence-corrected chi connectivity index (χ2v) is 3.99. The van der Waals surface area contributed by atoms with Crippen LogP contribution in [0.2, 0.25) is 0 Å². The smallest absolute Gasteiger partial charge is 0.211 e. The van der Waals surface area contributed by atoms with Gasteiger partial charge in [0.05, 0.1) is 0 Å². The molecule has 2 fully saturated rings. The van der Waals surface area contributed by atoms with Crippen LogP contribution in [0.5, 0.6) is 0 Å². The Labute approximate surface area is 97.2 Å². The minimum atomic E-state index is 0.416. The Morgan fingerprint density at radius 2 is 1.35 bits per heavy atom. The van der Waals surface area contributed by atoms with Crippen molar-refractivity contribution in [1.82, 2.24) is 9.80 Å². The van der Waals surface area contributed by atoms with E-state index in [1.165, 1.54) is 0 Å². The Kier molecular flexibility index (Phi) is 2.17. The Morgan fingerprint density at radius 1 is 0.941 bits per heavy atom. The first-order valence-electron chi connectivity index (χ1n) is 5.38. The number of oxime groups is 2. The van der Waals surface area contributed by atoms with E-state index in [0.29, 0.717) is 23.2 Å². The number of nitrogens with zero attached hydrogens (tertiary/aromatic N) is 4. The molecule has 2 aliphatic heterocycles. The van der Waals surface area contributed by atoms with Crippen LogP contribution in [-0.2, 0) is 0 Å². The SMILES string of the molecule is O/N=C(/c1ccc(/C(=N\O)N2CC2)o1)N1CC1. The monoisotopic (exact) mass is 236 g/mol. The molecule has 1 aromatic heterocycles. The van der Waals surface area contributed by atoms with Crippen molar-refractivity contribution in [3.8, 4) is 0 Å². The number of furan rings is 1. The van der Waals surface area contributed by atoms with Crippen LogP contribution >= 0.6 is 0 Å². The van der Waals surface area contributed by atoms with Crippen LogP contribution in [0.1, 0.15) is 11.5 Å². The molecule has 2 saturated heterocycles. The average Bonchev–Trinajstić information content (AvgIpc) is 3.22. The third-order valence-electron chi connectivity index (χ3n) is 2.73. The second-order valence-electron chi connectivity index (χ2n) is 3.99. The van der Waals surface area contributed by atoms with Crippen molar-refractivity contribution in [2.75, 3.05) is 26.2 Å². The van der Waals surface area contributed by atoms with E-state index in [4.69, 9.17) is 14.8 Å². The third-order valence-corrected chi connectivity index (χ3v) is 2.73. The summed E-state index contributed by atoms with van der Waals surface area (Å²) >= 11 is 0. The first-order chi connectivity index (χ1) is 8.33. The maximum atomic E-state index is 8.91. The first kappa shape index (κ1) is 10.0. The molecule has 2 N–H and O–H groups in total. The zero-order valence-electron chi connectivity index (χ0n) is 9.07. The van der Waals surface area contributed by atoms with E-state index in [-0.39, 0.29) is 0 Å². The quantitative estimate of drug-likeness (QED) is 0.251. The van der Waals surface area contributed by atoms with Gasteiger partial charge in [-0.25, -0.2) is 0 Å². The summed E-state index contributed by atoms with van der Waals surface area (Å²) in [5, 5.41) is 24.2. The van der Waals surface area contributed by atoms with Gasteiger partial charge in [0.15, 0.2) is 11.5 Å². The van der Waals surface area contributed by atoms with E-state index in [0.717, 1.165) is 26.2 Å². The zero-order valence-corrected chi connectivity index (χ0v) is 9.07. The molecule has 0 spiro atoms. The topological polar surface area (TPSA) is 84.3 Å². The molecule has 2 aliphatic rings. The van der Waals surface area contributed by atoms with Crippen molar-refractivity contribution in [3.63, 3.8) is 0 Å². The highest BCUT2D eigenvalue weighted by Crippen LogP contribution is 2.19. The van der Waals surface area contributed by atoms with Gasteiger partial charge in [0, 0.05) is 26.2 Å². The molecule has 0 bridgehead atoms. The predicted octanol–water partition coefficient (Wildman–Crippen LogP) is 0.182. The molecule has 1 aromatic rings. The lowest BCUT2D eigenvalue weighted by Crippen LogP contribution is -2.13. The van der Waals surface area contributed by atoms with Gasteiger partial charge in [-0.3, -0.25) is 0 Å². The Morgan fingerprint density at radius 3 is 1.65 bits per heavy atom. The van der Waals surface area contributed by atoms with Crippen LogP contribution in [-0.4, -0.2) is 58.1 Å². The Balaban J connectivity index is 1.86. The molecule has 0 aliphatic carbocycles. The van der Waals surface area contributed by atoms with Crippen LogP contribution in [0, 0.1) is 0 Å². The number of hydrogen-bond acceptors (Lipinski definition) is 5. The Hall–Kier alpha value is -2.18.